The Bertz CT molecular complexity index is 429. The molecule has 0 bridgehead atoms. The van der Waals surface area contributed by atoms with E-state index in [1.807, 2.05) is 30.6 Å². The van der Waals surface area contributed by atoms with Gasteiger partial charge in [0.05, 0.1) is 15.7 Å². The molecule has 94 valence electrons. The summed E-state index contributed by atoms with van der Waals surface area (Å²) in [7, 11) is 0. The number of nitrogens with one attached hydrogen (secondary N) is 1. The number of thiazole rings is 1. The number of rotatable bonds is 4. The van der Waals surface area contributed by atoms with Gasteiger partial charge in [-0.05, 0) is 18.6 Å². The minimum absolute atomic E-state index is 0.562. The summed E-state index contributed by atoms with van der Waals surface area (Å²) in [4.78, 5) is 4.14. The Hall–Kier alpha value is -0.820. The van der Waals surface area contributed by atoms with Gasteiger partial charge in [0, 0.05) is 17.8 Å². The zero-order valence-electron chi connectivity index (χ0n) is 9.59. The third-order valence-electron chi connectivity index (χ3n) is 1.99. The van der Waals surface area contributed by atoms with Gasteiger partial charge in [0.15, 0.2) is 0 Å². The van der Waals surface area contributed by atoms with Crippen LogP contribution >= 0.6 is 11.3 Å². The SMILES string of the molecule is CCCCNS(=O)[O-].c1ccc2scnc2c1. The average Bonchev–Trinajstić information content (AvgIpc) is 2.78. The molecule has 0 spiro atoms. The van der Waals surface area contributed by atoms with Gasteiger partial charge in [-0.3, -0.25) is 4.21 Å². The van der Waals surface area contributed by atoms with Crippen LogP contribution in [-0.4, -0.2) is 20.3 Å². The van der Waals surface area contributed by atoms with E-state index >= 15 is 0 Å². The Morgan fingerprint density at radius 1 is 1.47 bits per heavy atom. The van der Waals surface area contributed by atoms with Crippen molar-refractivity contribution in [3.63, 3.8) is 0 Å². The lowest BCUT2D eigenvalue weighted by Crippen LogP contribution is -2.17. The van der Waals surface area contributed by atoms with Crippen molar-refractivity contribution in [3.8, 4) is 0 Å². The zero-order valence-corrected chi connectivity index (χ0v) is 11.2. The summed E-state index contributed by atoms with van der Waals surface area (Å²) < 4.78 is 23.1. The molecular weight excluding hydrogens is 256 g/mol. The number of nitrogens with zero attached hydrogens (tertiary/aromatic N) is 1. The molecule has 0 amide bonds. The molecule has 4 nitrogen and oxygen atoms in total. The fourth-order valence-electron chi connectivity index (χ4n) is 1.14. The molecule has 0 aliphatic carbocycles. The van der Waals surface area contributed by atoms with E-state index in [0.29, 0.717) is 6.54 Å². The number of benzene rings is 1. The lowest BCUT2D eigenvalue weighted by molar-refractivity contribution is 0.521. The molecule has 1 atom stereocenters. The van der Waals surface area contributed by atoms with Crippen LogP contribution in [0.1, 0.15) is 19.8 Å². The van der Waals surface area contributed by atoms with Gasteiger partial charge in [-0.15, -0.1) is 11.3 Å². The van der Waals surface area contributed by atoms with Crippen molar-refractivity contribution >= 4 is 32.8 Å². The van der Waals surface area contributed by atoms with Crippen molar-refractivity contribution in [1.29, 1.82) is 0 Å². The fourth-order valence-corrected chi connectivity index (χ4v) is 2.13. The molecule has 0 radical (unpaired) electrons. The van der Waals surface area contributed by atoms with E-state index in [2.05, 4.69) is 15.8 Å². The molecule has 1 aromatic carbocycles. The van der Waals surface area contributed by atoms with Crippen molar-refractivity contribution in [2.45, 2.75) is 19.8 Å². The van der Waals surface area contributed by atoms with Gasteiger partial charge in [-0.1, -0.05) is 25.5 Å². The van der Waals surface area contributed by atoms with Crippen LogP contribution in [0.2, 0.25) is 0 Å². The van der Waals surface area contributed by atoms with E-state index in [1.54, 1.807) is 11.3 Å². The maximum absolute atomic E-state index is 9.76. The Labute approximate surface area is 108 Å². The maximum Gasteiger partial charge on any atom is 0.0812 e. The first-order chi connectivity index (χ1) is 8.24. The second-order valence-corrected chi connectivity index (χ2v) is 4.95. The molecular formula is C11H15N2O2S2-. The van der Waals surface area contributed by atoms with Gasteiger partial charge in [-0.25, -0.2) is 9.71 Å². The van der Waals surface area contributed by atoms with E-state index in [1.165, 1.54) is 4.70 Å². The van der Waals surface area contributed by atoms with E-state index in [-0.39, 0.29) is 0 Å². The molecule has 0 aliphatic heterocycles. The second kappa shape index (κ2) is 8.30. The summed E-state index contributed by atoms with van der Waals surface area (Å²) in [6.07, 6.45) is 1.93. The predicted molar refractivity (Wildman–Crippen MR) is 71.5 cm³/mol. The normalized spacial score (nSPS) is 11.9. The quantitative estimate of drug-likeness (QED) is 0.686. The lowest BCUT2D eigenvalue weighted by atomic mass is 10.3. The molecule has 0 aliphatic rings. The van der Waals surface area contributed by atoms with Gasteiger partial charge >= 0.3 is 0 Å². The van der Waals surface area contributed by atoms with Crippen molar-refractivity contribution in [3.05, 3.63) is 29.8 Å². The minimum atomic E-state index is -2.07. The maximum atomic E-state index is 9.76. The van der Waals surface area contributed by atoms with E-state index in [0.717, 1.165) is 18.4 Å². The summed E-state index contributed by atoms with van der Waals surface area (Å²) in [5.41, 5.74) is 2.97. The molecule has 1 N–H and O–H groups in total. The molecule has 17 heavy (non-hydrogen) atoms. The van der Waals surface area contributed by atoms with Gasteiger partial charge in [-0.2, -0.15) is 0 Å². The first-order valence-electron chi connectivity index (χ1n) is 5.35. The third kappa shape index (κ3) is 5.88. The van der Waals surface area contributed by atoms with Crippen LogP contribution in [-0.2, 0) is 11.3 Å². The van der Waals surface area contributed by atoms with Crippen LogP contribution in [0.4, 0.5) is 0 Å². The van der Waals surface area contributed by atoms with Gasteiger partial charge < -0.3 is 4.55 Å². The Kier molecular flexibility index (Phi) is 6.95. The first-order valence-corrected chi connectivity index (χ1v) is 7.30. The summed E-state index contributed by atoms with van der Waals surface area (Å²) in [6.45, 7) is 2.57. The Morgan fingerprint density at radius 2 is 2.24 bits per heavy atom. The molecule has 1 unspecified atom stereocenters. The van der Waals surface area contributed by atoms with Crippen LogP contribution in [0.3, 0.4) is 0 Å². The average molecular weight is 271 g/mol. The van der Waals surface area contributed by atoms with Crippen LogP contribution in [0.5, 0.6) is 0 Å². The number of unbranched alkanes of at least 4 members (excludes halogenated alkanes) is 1. The molecule has 0 saturated heterocycles. The topological polar surface area (TPSA) is 65.0 Å². The Balaban J connectivity index is 0.000000172. The molecule has 6 heteroatoms. The number of fused-ring (bicyclic) bond motifs is 1. The first kappa shape index (κ1) is 14.2. The van der Waals surface area contributed by atoms with Crippen molar-refractivity contribution in [2.24, 2.45) is 0 Å². The van der Waals surface area contributed by atoms with Gasteiger partial charge in [0.25, 0.3) is 0 Å². The molecule has 2 rings (SSSR count). The molecule has 1 aromatic heterocycles. The highest BCUT2D eigenvalue weighted by atomic mass is 32.2. The van der Waals surface area contributed by atoms with Crippen molar-refractivity contribution in [2.75, 3.05) is 6.54 Å². The fraction of sp³-hybridized carbons (Fsp3) is 0.364. The summed E-state index contributed by atoms with van der Waals surface area (Å²) in [5, 5.41) is 0. The van der Waals surface area contributed by atoms with Crippen LogP contribution in [0.25, 0.3) is 10.2 Å². The summed E-state index contributed by atoms with van der Waals surface area (Å²) in [6, 6.07) is 8.13. The number of para-hydroxylation sites is 1. The number of hydrogen-bond donors (Lipinski definition) is 1. The largest absolute Gasteiger partial charge is 0.760 e. The molecule has 2 aromatic rings. The van der Waals surface area contributed by atoms with Crippen LogP contribution in [0.15, 0.2) is 29.8 Å². The minimum Gasteiger partial charge on any atom is -0.760 e. The zero-order chi connectivity index (χ0) is 12.5. The van der Waals surface area contributed by atoms with Gasteiger partial charge in [0.1, 0.15) is 0 Å². The van der Waals surface area contributed by atoms with E-state index in [4.69, 9.17) is 0 Å². The second-order valence-electron chi connectivity index (χ2n) is 3.30. The van der Waals surface area contributed by atoms with Crippen molar-refractivity contribution in [1.82, 2.24) is 9.71 Å². The summed E-state index contributed by atoms with van der Waals surface area (Å²) >= 11 is -0.391. The smallest absolute Gasteiger partial charge is 0.0812 e. The van der Waals surface area contributed by atoms with Crippen LogP contribution < -0.4 is 4.72 Å². The monoisotopic (exact) mass is 271 g/mol. The highest BCUT2D eigenvalue weighted by molar-refractivity contribution is 7.77. The van der Waals surface area contributed by atoms with Gasteiger partial charge in [0.2, 0.25) is 0 Å². The summed E-state index contributed by atoms with van der Waals surface area (Å²) in [5.74, 6) is 0. The van der Waals surface area contributed by atoms with E-state index < -0.39 is 11.3 Å². The molecule has 1 heterocycles. The number of hydrogen-bond acceptors (Lipinski definition) is 4. The van der Waals surface area contributed by atoms with Crippen molar-refractivity contribution < 1.29 is 8.76 Å². The molecule has 0 saturated carbocycles. The Morgan fingerprint density at radius 3 is 2.88 bits per heavy atom. The highest BCUT2D eigenvalue weighted by Gasteiger charge is 1.89. The van der Waals surface area contributed by atoms with E-state index in [9.17, 15) is 8.76 Å². The standard InChI is InChI=1S/C7H5NS.C4H11NO2S/c1-2-4-7-6(3-1)8-5-9-7;1-2-3-4-5-8(6)7/h1-5H;5H,2-4H2,1H3,(H,6,7)/p-1. The highest BCUT2D eigenvalue weighted by Crippen LogP contribution is 2.15. The predicted octanol–water partition coefficient (Wildman–Crippen LogP) is 2.47. The lowest BCUT2D eigenvalue weighted by Gasteiger charge is -2.04. The number of aromatic nitrogens is 1. The van der Waals surface area contributed by atoms with Crippen LogP contribution in [0, 0.1) is 0 Å². The molecule has 0 fully saturated rings. The third-order valence-corrected chi connectivity index (χ3v) is 3.24.